The van der Waals surface area contributed by atoms with Gasteiger partial charge in [-0.05, 0) is 12.1 Å². The summed E-state index contributed by atoms with van der Waals surface area (Å²) in [5, 5.41) is 3.21. The van der Waals surface area contributed by atoms with E-state index in [0.29, 0.717) is 6.73 Å². The van der Waals surface area contributed by atoms with Gasteiger partial charge in [-0.2, -0.15) is 0 Å². The standard InChI is InChI=1S/C15H13FN2O/c16-13-8-6-12(7-9-13)15-18-14(17-10-19-15)11-4-2-1-3-5-11/h1-9,15H,10H2,(H,17,18). The maximum atomic E-state index is 12.9. The lowest BCUT2D eigenvalue weighted by atomic mass is 10.1. The van der Waals surface area contributed by atoms with Crippen molar-refractivity contribution in [2.75, 3.05) is 6.73 Å². The van der Waals surface area contributed by atoms with Crippen LogP contribution in [0, 0.1) is 5.82 Å². The highest BCUT2D eigenvalue weighted by molar-refractivity contribution is 5.99. The maximum absolute atomic E-state index is 12.9. The Morgan fingerprint density at radius 2 is 1.79 bits per heavy atom. The van der Waals surface area contributed by atoms with Crippen LogP contribution in [-0.2, 0) is 4.74 Å². The number of aliphatic imine (C=N–C) groups is 1. The smallest absolute Gasteiger partial charge is 0.157 e. The molecule has 1 heterocycles. The number of rotatable bonds is 2. The number of benzene rings is 2. The normalized spacial score (nSPS) is 18.6. The third-order valence-corrected chi connectivity index (χ3v) is 2.95. The van der Waals surface area contributed by atoms with Gasteiger partial charge in [-0.3, -0.25) is 0 Å². The average Bonchev–Trinajstić information content (AvgIpc) is 2.49. The molecule has 2 aromatic carbocycles. The van der Waals surface area contributed by atoms with Crippen molar-refractivity contribution < 1.29 is 9.13 Å². The molecule has 0 spiro atoms. The molecule has 0 saturated heterocycles. The van der Waals surface area contributed by atoms with Crippen LogP contribution in [0.2, 0.25) is 0 Å². The van der Waals surface area contributed by atoms with Crippen LogP contribution in [0.5, 0.6) is 0 Å². The number of amidine groups is 1. The minimum atomic E-state index is -0.298. The Labute approximate surface area is 110 Å². The van der Waals surface area contributed by atoms with Crippen molar-refractivity contribution in [3.05, 3.63) is 71.5 Å². The highest BCUT2D eigenvalue weighted by atomic mass is 19.1. The summed E-state index contributed by atoms with van der Waals surface area (Å²) in [6.45, 7) is 0.291. The second kappa shape index (κ2) is 5.20. The second-order valence-corrected chi connectivity index (χ2v) is 4.24. The molecule has 1 N–H and O–H groups in total. The minimum Gasteiger partial charge on any atom is -0.341 e. The van der Waals surface area contributed by atoms with E-state index < -0.39 is 0 Å². The molecule has 1 aliphatic rings. The Bertz CT molecular complexity index is 581. The van der Waals surface area contributed by atoms with E-state index >= 15 is 0 Å². The molecule has 0 saturated carbocycles. The fourth-order valence-electron chi connectivity index (χ4n) is 1.98. The molecular weight excluding hydrogens is 243 g/mol. The van der Waals surface area contributed by atoms with Gasteiger partial charge in [-0.15, -0.1) is 0 Å². The quantitative estimate of drug-likeness (QED) is 0.896. The van der Waals surface area contributed by atoms with Crippen LogP contribution in [0.1, 0.15) is 17.4 Å². The first-order valence-electron chi connectivity index (χ1n) is 6.06. The van der Waals surface area contributed by atoms with E-state index in [0.717, 1.165) is 17.0 Å². The van der Waals surface area contributed by atoms with Gasteiger partial charge >= 0.3 is 0 Å². The summed E-state index contributed by atoms with van der Waals surface area (Å²) < 4.78 is 18.4. The molecule has 96 valence electrons. The van der Waals surface area contributed by atoms with Crippen molar-refractivity contribution >= 4 is 5.84 Å². The highest BCUT2D eigenvalue weighted by Crippen LogP contribution is 2.19. The van der Waals surface area contributed by atoms with Gasteiger partial charge < -0.3 is 10.1 Å². The van der Waals surface area contributed by atoms with Crippen LogP contribution >= 0.6 is 0 Å². The molecule has 0 aliphatic carbocycles. The lowest BCUT2D eigenvalue weighted by molar-refractivity contribution is 0.0375. The summed E-state index contributed by atoms with van der Waals surface area (Å²) in [7, 11) is 0. The van der Waals surface area contributed by atoms with Crippen LogP contribution in [0.4, 0.5) is 4.39 Å². The fourth-order valence-corrected chi connectivity index (χ4v) is 1.98. The number of nitrogens with one attached hydrogen (secondary N) is 1. The van der Waals surface area contributed by atoms with E-state index in [9.17, 15) is 4.39 Å². The highest BCUT2D eigenvalue weighted by Gasteiger charge is 2.18. The monoisotopic (exact) mass is 256 g/mol. The Hall–Kier alpha value is -2.20. The molecule has 1 unspecified atom stereocenters. The lowest BCUT2D eigenvalue weighted by Gasteiger charge is -2.25. The average molecular weight is 256 g/mol. The van der Waals surface area contributed by atoms with Crippen molar-refractivity contribution in [2.24, 2.45) is 4.99 Å². The zero-order valence-corrected chi connectivity index (χ0v) is 10.2. The summed E-state index contributed by atoms with van der Waals surface area (Å²) in [6, 6.07) is 16.1. The van der Waals surface area contributed by atoms with Crippen LogP contribution in [-0.4, -0.2) is 12.6 Å². The van der Waals surface area contributed by atoms with Crippen molar-refractivity contribution in [2.45, 2.75) is 6.23 Å². The van der Waals surface area contributed by atoms with Gasteiger partial charge in [0.05, 0.1) is 0 Å². The summed E-state index contributed by atoms with van der Waals surface area (Å²) in [5.74, 6) is 0.540. The summed E-state index contributed by atoms with van der Waals surface area (Å²) in [5.41, 5.74) is 1.89. The third-order valence-electron chi connectivity index (χ3n) is 2.95. The van der Waals surface area contributed by atoms with Gasteiger partial charge in [0, 0.05) is 11.1 Å². The Morgan fingerprint density at radius 3 is 2.53 bits per heavy atom. The molecule has 0 amide bonds. The van der Waals surface area contributed by atoms with E-state index in [2.05, 4.69) is 10.3 Å². The van der Waals surface area contributed by atoms with Gasteiger partial charge in [-0.1, -0.05) is 42.5 Å². The Morgan fingerprint density at radius 1 is 1.05 bits per heavy atom. The predicted molar refractivity (Wildman–Crippen MR) is 71.2 cm³/mol. The topological polar surface area (TPSA) is 33.6 Å². The number of hydrogen-bond donors (Lipinski definition) is 1. The summed E-state index contributed by atoms with van der Waals surface area (Å²) in [4.78, 5) is 4.30. The molecule has 1 aliphatic heterocycles. The molecule has 19 heavy (non-hydrogen) atoms. The van der Waals surface area contributed by atoms with Crippen LogP contribution in [0.15, 0.2) is 59.6 Å². The SMILES string of the molecule is Fc1ccc(C2NC(c3ccccc3)=NCO2)cc1. The molecule has 0 bridgehead atoms. The fraction of sp³-hybridized carbons (Fsp3) is 0.133. The molecular formula is C15H13FN2O. The van der Waals surface area contributed by atoms with Crippen molar-refractivity contribution in [1.29, 1.82) is 0 Å². The lowest BCUT2D eigenvalue weighted by Crippen LogP contribution is -2.35. The van der Waals surface area contributed by atoms with E-state index in [1.807, 2.05) is 30.3 Å². The Kier molecular flexibility index (Phi) is 3.25. The van der Waals surface area contributed by atoms with Gasteiger partial charge in [0.1, 0.15) is 18.4 Å². The van der Waals surface area contributed by atoms with E-state index in [1.165, 1.54) is 12.1 Å². The molecule has 3 nitrogen and oxygen atoms in total. The number of halogens is 1. The molecule has 2 aromatic rings. The second-order valence-electron chi connectivity index (χ2n) is 4.24. The zero-order valence-electron chi connectivity index (χ0n) is 10.2. The van der Waals surface area contributed by atoms with Gasteiger partial charge in [-0.25, -0.2) is 9.38 Å². The van der Waals surface area contributed by atoms with E-state index in [4.69, 9.17) is 4.74 Å². The summed E-state index contributed by atoms with van der Waals surface area (Å²) >= 11 is 0. The van der Waals surface area contributed by atoms with E-state index in [-0.39, 0.29) is 12.0 Å². The van der Waals surface area contributed by atoms with Crippen molar-refractivity contribution in [1.82, 2.24) is 5.32 Å². The molecule has 3 rings (SSSR count). The van der Waals surface area contributed by atoms with Crippen molar-refractivity contribution in [3.8, 4) is 0 Å². The predicted octanol–water partition coefficient (Wildman–Crippen LogP) is 2.85. The number of nitrogens with zero attached hydrogens (tertiary/aromatic N) is 1. The zero-order chi connectivity index (χ0) is 13.1. The first-order valence-corrected chi connectivity index (χ1v) is 6.06. The van der Waals surface area contributed by atoms with Gasteiger partial charge in [0.25, 0.3) is 0 Å². The maximum Gasteiger partial charge on any atom is 0.157 e. The Balaban J connectivity index is 1.81. The molecule has 0 fully saturated rings. The molecule has 0 aromatic heterocycles. The minimum absolute atomic E-state index is 0.253. The summed E-state index contributed by atoms with van der Waals surface area (Å²) in [6.07, 6.45) is -0.298. The molecule has 1 atom stereocenters. The third kappa shape index (κ3) is 2.63. The van der Waals surface area contributed by atoms with Crippen LogP contribution in [0.3, 0.4) is 0 Å². The first kappa shape index (κ1) is 11.9. The van der Waals surface area contributed by atoms with Gasteiger partial charge in [0.2, 0.25) is 0 Å². The van der Waals surface area contributed by atoms with Crippen LogP contribution in [0.25, 0.3) is 0 Å². The number of hydrogen-bond acceptors (Lipinski definition) is 3. The molecule has 0 radical (unpaired) electrons. The first-order chi connectivity index (χ1) is 9.33. The van der Waals surface area contributed by atoms with Gasteiger partial charge in [0.15, 0.2) is 6.23 Å². The van der Waals surface area contributed by atoms with Crippen LogP contribution < -0.4 is 5.32 Å². The largest absolute Gasteiger partial charge is 0.341 e. The molecule has 4 heteroatoms. The van der Waals surface area contributed by atoms with E-state index in [1.54, 1.807) is 12.1 Å². The number of ether oxygens (including phenoxy) is 1. The van der Waals surface area contributed by atoms with Crippen molar-refractivity contribution in [3.63, 3.8) is 0 Å².